The van der Waals surface area contributed by atoms with Gasteiger partial charge in [0.15, 0.2) is 36.2 Å². The Morgan fingerprint density at radius 2 is 1.68 bits per heavy atom. The van der Waals surface area contributed by atoms with Crippen molar-refractivity contribution in [3.63, 3.8) is 0 Å². The zero-order chi connectivity index (χ0) is 21.8. The fourth-order valence-corrected chi connectivity index (χ4v) is 3.65. The Kier molecular flexibility index (Phi) is 5.89. The number of benzene rings is 2. The Morgan fingerprint density at radius 3 is 2.39 bits per heavy atom. The average Bonchev–Trinajstić information content (AvgIpc) is 2.81. The average molecular weight is 418 g/mol. The highest BCUT2D eigenvalue weighted by molar-refractivity contribution is 6.12. The second-order valence-corrected chi connectivity index (χ2v) is 7.07. The molecule has 0 atom stereocenters. The van der Waals surface area contributed by atoms with Crippen LogP contribution in [0.5, 0.6) is 17.2 Å². The molecular weight excluding hydrogens is 394 g/mol. The van der Waals surface area contributed by atoms with E-state index in [2.05, 4.69) is 4.57 Å². The molecule has 0 radical (unpaired) electrons. The van der Waals surface area contributed by atoms with Crippen molar-refractivity contribution in [1.29, 1.82) is 0 Å². The van der Waals surface area contributed by atoms with Crippen LogP contribution in [0.3, 0.4) is 0 Å². The van der Waals surface area contributed by atoms with Crippen LogP contribution in [-0.2, 0) is 17.9 Å². The van der Waals surface area contributed by atoms with Gasteiger partial charge in [0, 0.05) is 23.3 Å². The number of carbonyl (C=O) groups is 1. The van der Waals surface area contributed by atoms with Gasteiger partial charge < -0.3 is 18.9 Å². The van der Waals surface area contributed by atoms with E-state index in [1.807, 2.05) is 48.8 Å². The molecule has 0 aliphatic carbocycles. The Bertz CT molecular complexity index is 1140. The molecule has 4 rings (SSSR count). The first-order valence-electron chi connectivity index (χ1n) is 9.88. The third kappa shape index (κ3) is 4.10. The van der Waals surface area contributed by atoms with Gasteiger partial charge in [-0.2, -0.15) is 0 Å². The second-order valence-electron chi connectivity index (χ2n) is 7.07. The lowest BCUT2D eigenvalue weighted by Gasteiger charge is -2.22. The quantitative estimate of drug-likeness (QED) is 0.450. The van der Waals surface area contributed by atoms with Crippen LogP contribution in [0.2, 0.25) is 0 Å². The summed E-state index contributed by atoms with van der Waals surface area (Å²) in [6.45, 7) is 0.930. The molecule has 158 valence electrons. The molecule has 1 aliphatic heterocycles. The minimum atomic E-state index is -0.173. The fraction of sp³-hybridized carbons (Fsp3) is 0.200. The summed E-state index contributed by atoms with van der Waals surface area (Å²) >= 11 is 0. The zero-order valence-electron chi connectivity index (χ0n) is 17.8. The van der Waals surface area contributed by atoms with E-state index in [4.69, 9.17) is 18.9 Å². The maximum absolute atomic E-state index is 13.0. The minimum absolute atomic E-state index is 0.173. The number of nitrogens with zero attached hydrogens (tertiary/aromatic N) is 1. The number of rotatable bonds is 6. The smallest absolute Gasteiger partial charge is 0.228 e. The summed E-state index contributed by atoms with van der Waals surface area (Å²) in [5.74, 6) is 2.10. The van der Waals surface area contributed by atoms with Crippen LogP contribution in [0.1, 0.15) is 27.0 Å². The van der Waals surface area contributed by atoms with Gasteiger partial charge in [-0.1, -0.05) is 12.1 Å². The second kappa shape index (κ2) is 8.92. The summed E-state index contributed by atoms with van der Waals surface area (Å²) in [5.41, 5.74) is 3.24. The van der Waals surface area contributed by atoms with Gasteiger partial charge in [0.1, 0.15) is 12.4 Å². The lowest BCUT2D eigenvalue weighted by atomic mass is 9.98. The van der Waals surface area contributed by atoms with Gasteiger partial charge in [-0.3, -0.25) is 4.79 Å². The van der Waals surface area contributed by atoms with Crippen LogP contribution < -0.4 is 18.8 Å². The number of hydrogen-bond acceptors (Lipinski definition) is 5. The number of aromatic nitrogens is 1. The Hall–Kier alpha value is -3.80. The molecule has 2 aromatic carbocycles. The van der Waals surface area contributed by atoms with E-state index < -0.39 is 0 Å². The zero-order valence-corrected chi connectivity index (χ0v) is 17.8. The van der Waals surface area contributed by atoms with Gasteiger partial charge in [-0.15, -0.1) is 0 Å². The number of ketones is 1. The summed E-state index contributed by atoms with van der Waals surface area (Å²) in [6.07, 6.45) is 5.69. The van der Waals surface area contributed by atoms with Crippen molar-refractivity contribution in [2.45, 2.75) is 13.2 Å². The van der Waals surface area contributed by atoms with Gasteiger partial charge in [0.25, 0.3) is 0 Å². The topological polar surface area (TPSA) is 57.9 Å². The number of pyridine rings is 1. The molecular formula is C25H24NO5+. The van der Waals surface area contributed by atoms with Crippen molar-refractivity contribution in [2.75, 3.05) is 21.3 Å². The van der Waals surface area contributed by atoms with Crippen LogP contribution in [-0.4, -0.2) is 27.1 Å². The van der Waals surface area contributed by atoms with Crippen LogP contribution in [0.15, 0.2) is 66.7 Å². The maximum atomic E-state index is 13.0. The van der Waals surface area contributed by atoms with E-state index in [1.165, 1.54) is 0 Å². The van der Waals surface area contributed by atoms with Gasteiger partial charge in [0.2, 0.25) is 5.78 Å². The van der Waals surface area contributed by atoms with Gasteiger partial charge in [-0.25, -0.2) is 4.57 Å². The number of carbonyl (C=O) groups excluding carboxylic acids is 1. The van der Waals surface area contributed by atoms with E-state index in [1.54, 1.807) is 39.5 Å². The maximum Gasteiger partial charge on any atom is 0.228 e. The molecule has 31 heavy (non-hydrogen) atoms. The molecule has 0 N–H and O–H groups in total. The van der Waals surface area contributed by atoms with Gasteiger partial charge >= 0.3 is 0 Å². The monoisotopic (exact) mass is 418 g/mol. The first-order valence-corrected chi connectivity index (χ1v) is 9.88. The highest BCUT2D eigenvalue weighted by Gasteiger charge is 2.28. The molecule has 6 heteroatoms. The summed E-state index contributed by atoms with van der Waals surface area (Å²) < 4.78 is 24.0. The van der Waals surface area contributed by atoms with Crippen molar-refractivity contribution in [1.82, 2.24) is 0 Å². The predicted octanol–water partition coefficient (Wildman–Crippen LogP) is 3.80. The van der Waals surface area contributed by atoms with Gasteiger partial charge in [0.05, 0.1) is 26.9 Å². The van der Waals surface area contributed by atoms with E-state index in [0.29, 0.717) is 34.9 Å². The largest absolute Gasteiger partial charge is 0.496 e. The van der Waals surface area contributed by atoms with Crippen molar-refractivity contribution in [3.05, 3.63) is 88.9 Å². The fourth-order valence-electron chi connectivity index (χ4n) is 3.65. The van der Waals surface area contributed by atoms with Crippen molar-refractivity contribution in [2.24, 2.45) is 0 Å². The van der Waals surface area contributed by atoms with Gasteiger partial charge in [-0.05, 0) is 35.9 Å². The third-order valence-corrected chi connectivity index (χ3v) is 5.25. The molecule has 0 saturated carbocycles. The molecule has 0 saturated heterocycles. The molecule has 0 unspecified atom stereocenters. The SMILES string of the molecule is COc1ccccc1C[n+]1ccc(/C=C2\OCc3c(ccc(OC)c3OC)C2=O)cc1. The standard InChI is InChI=1S/C25H24NO5/c1-28-21-7-5-4-6-18(21)15-26-12-10-17(11-13-26)14-23-24(27)19-8-9-22(29-2)25(30-3)20(19)16-31-23/h4-14H,15-16H2,1-3H3/q+1/b23-14-. The summed E-state index contributed by atoms with van der Waals surface area (Å²) in [6, 6.07) is 15.3. The van der Waals surface area contributed by atoms with Crippen molar-refractivity contribution < 1.29 is 28.3 Å². The molecule has 0 amide bonds. The number of para-hydroxylation sites is 1. The highest BCUT2D eigenvalue weighted by Crippen LogP contribution is 2.37. The van der Waals surface area contributed by atoms with Crippen LogP contribution in [0.25, 0.3) is 6.08 Å². The lowest BCUT2D eigenvalue weighted by Crippen LogP contribution is -2.33. The third-order valence-electron chi connectivity index (χ3n) is 5.25. The Morgan fingerprint density at radius 1 is 0.935 bits per heavy atom. The molecule has 1 aromatic heterocycles. The molecule has 1 aliphatic rings. The Balaban J connectivity index is 1.55. The summed E-state index contributed by atoms with van der Waals surface area (Å²) in [4.78, 5) is 13.0. The number of hydrogen-bond donors (Lipinski definition) is 0. The van der Waals surface area contributed by atoms with E-state index in [-0.39, 0.29) is 12.4 Å². The minimum Gasteiger partial charge on any atom is -0.496 e. The van der Waals surface area contributed by atoms with Crippen LogP contribution in [0, 0.1) is 0 Å². The molecule has 0 spiro atoms. The number of fused-ring (bicyclic) bond motifs is 1. The lowest BCUT2D eigenvalue weighted by molar-refractivity contribution is -0.688. The van der Waals surface area contributed by atoms with E-state index in [9.17, 15) is 4.79 Å². The van der Waals surface area contributed by atoms with Crippen LogP contribution in [0.4, 0.5) is 0 Å². The molecule has 2 heterocycles. The van der Waals surface area contributed by atoms with Crippen LogP contribution >= 0.6 is 0 Å². The normalized spacial score (nSPS) is 14.0. The number of ether oxygens (including phenoxy) is 4. The Labute approximate surface area is 181 Å². The molecule has 0 bridgehead atoms. The predicted molar refractivity (Wildman–Crippen MR) is 115 cm³/mol. The first-order chi connectivity index (χ1) is 15.1. The summed E-state index contributed by atoms with van der Waals surface area (Å²) in [7, 11) is 4.79. The number of methoxy groups -OCH3 is 3. The van der Waals surface area contributed by atoms with Crippen molar-refractivity contribution in [3.8, 4) is 17.2 Å². The first kappa shape index (κ1) is 20.5. The van der Waals surface area contributed by atoms with E-state index in [0.717, 1.165) is 16.9 Å². The highest BCUT2D eigenvalue weighted by atomic mass is 16.5. The number of allylic oxidation sites excluding steroid dienone is 1. The summed E-state index contributed by atoms with van der Waals surface area (Å²) in [5, 5.41) is 0. The molecule has 6 nitrogen and oxygen atoms in total. The number of Topliss-reactive ketones (excluding diaryl/α,β-unsaturated/α-hetero) is 1. The van der Waals surface area contributed by atoms with E-state index >= 15 is 0 Å². The molecule has 0 fully saturated rings. The molecule has 3 aromatic rings. The van der Waals surface area contributed by atoms with Crippen molar-refractivity contribution >= 4 is 11.9 Å².